The Morgan fingerprint density at radius 2 is 1.81 bits per heavy atom. The van der Waals surface area contributed by atoms with E-state index in [0.29, 0.717) is 24.1 Å². The second-order valence-electron chi connectivity index (χ2n) is 5.45. The highest BCUT2D eigenvalue weighted by Crippen LogP contribution is 2.19. The van der Waals surface area contributed by atoms with Gasteiger partial charge in [-0.25, -0.2) is 4.39 Å². The third-order valence-electron chi connectivity index (χ3n) is 3.98. The largest absolute Gasteiger partial charge is 0.392 e. The number of hydrogen-bond acceptors (Lipinski definition) is 2. The van der Waals surface area contributed by atoms with Crippen LogP contribution in [0, 0.1) is 5.82 Å². The summed E-state index contributed by atoms with van der Waals surface area (Å²) < 4.78 is 13.3. The molecule has 0 fully saturated rings. The van der Waals surface area contributed by atoms with Gasteiger partial charge in [-0.1, -0.05) is 43.3 Å². The van der Waals surface area contributed by atoms with Gasteiger partial charge in [0.05, 0.1) is 6.61 Å². The molecule has 0 aliphatic rings. The van der Waals surface area contributed by atoms with Crippen LogP contribution < -0.4 is 5.32 Å². The summed E-state index contributed by atoms with van der Waals surface area (Å²) in [5.41, 5.74) is 2.62. The molecule has 3 heteroatoms. The van der Waals surface area contributed by atoms with Crippen molar-refractivity contribution >= 4 is 0 Å². The van der Waals surface area contributed by atoms with Gasteiger partial charge in [0.1, 0.15) is 5.82 Å². The van der Waals surface area contributed by atoms with Gasteiger partial charge >= 0.3 is 0 Å². The van der Waals surface area contributed by atoms with E-state index in [0.717, 1.165) is 5.56 Å². The maximum absolute atomic E-state index is 13.3. The Labute approximate surface area is 125 Å². The molecular weight excluding hydrogens is 265 g/mol. The summed E-state index contributed by atoms with van der Waals surface area (Å²) in [5, 5.41) is 12.6. The summed E-state index contributed by atoms with van der Waals surface area (Å²) >= 11 is 0. The summed E-state index contributed by atoms with van der Waals surface area (Å²) in [5.74, 6) is 0.0379. The molecule has 0 aliphatic heterocycles. The predicted molar refractivity (Wildman–Crippen MR) is 83.5 cm³/mol. The fourth-order valence-electron chi connectivity index (χ4n) is 2.36. The highest BCUT2D eigenvalue weighted by molar-refractivity contribution is 5.25. The molecule has 0 spiro atoms. The van der Waals surface area contributed by atoms with Crippen LogP contribution in [0.2, 0.25) is 0 Å². The first-order valence-electron chi connectivity index (χ1n) is 7.28. The molecule has 2 aromatic carbocycles. The zero-order chi connectivity index (χ0) is 15.2. The van der Waals surface area contributed by atoms with E-state index in [1.54, 1.807) is 12.1 Å². The molecule has 2 nitrogen and oxygen atoms in total. The summed E-state index contributed by atoms with van der Waals surface area (Å²) in [7, 11) is 0. The van der Waals surface area contributed by atoms with Gasteiger partial charge in [0, 0.05) is 18.2 Å². The molecule has 2 atom stereocenters. The van der Waals surface area contributed by atoms with E-state index in [1.807, 2.05) is 18.2 Å². The Hall–Kier alpha value is -1.71. The molecule has 2 N–H and O–H groups in total. The van der Waals surface area contributed by atoms with E-state index in [1.165, 1.54) is 11.6 Å². The van der Waals surface area contributed by atoms with Crippen molar-refractivity contribution in [3.8, 4) is 0 Å². The second kappa shape index (κ2) is 7.34. The molecule has 0 radical (unpaired) electrons. The fraction of sp³-hybridized carbons (Fsp3) is 0.333. The Morgan fingerprint density at radius 1 is 1.10 bits per heavy atom. The lowest BCUT2D eigenvalue weighted by Gasteiger charge is -2.22. The minimum atomic E-state index is -0.355. The fourth-order valence-corrected chi connectivity index (χ4v) is 2.36. The second-order valence-corrected chi connectivity index (χ2v) is 5.45. The zero-order valence-corrected chi connectivity index (χ0v) is 12.5. The predicted octanol–water partition coefficient (Wildman–Crippen LogP) is 3.60. The maximum Gasteiger partial charge on any atom is 0.128 e. The van der Waals surface area contributed by atoms with Crippen LogP contribution >= 0.6 is 0 Å². The average molecular weight is 287 g/mol. The minimum absolute atomic E-state index is 0.268. The molecule has 112 valence electrons. The van der Waals surface area contributed by atoms with E-state index >= 15 is 0 Å². The summed E-state index contributed by atoms with van der Waals surface area (Å²) in [6.07, 6.45) is 0. The van der Waals surface area contributed by atoms with Crippen LogP contribution in [0.4, 0.5) is 4.39 Å². The van der Waals surface area contributed by atoms with Gasteiger partial charge in [-0.2, -0.15) is 0 Å². The number of halogens is 1. The molecular formula is C18H22FNO. The first-order valence-corrected chi connectivity index (χ1v) is 7.28. The summed E-state index contributed by atoms with van der Waals surface area (Å²) in [4.78, 5) is 0. The van der Waals surface area contributed by atoms with Crippen LogP contribution in [0.3, 0.4) is 0 Å². The average Bonchev–Trinajstić information content (AvgIpc) is 2.53. The Bertz CT molecular complexity index is 571. The first kappa shape index (κ1) is 15.7. The van der Waals surface area contributed by atoms with Crippen molar-refractivity contribution in [2.24, 2.45) is 0 Å². The van der Waals surface area contributed by atoms with Gasteiger partial charge in [0.15, 0.2) is 0 Å². The molecule has 2 rings (SSSR count). The van der Waals surface area contributed by atoms with Crippen molar-refractivity contribution in [1.82, 2.24) is 5.32 Å². The normalized spacial score (nSPS) is 13.9. The van der Waals surface area contributed by atoms with Gasteiger partial charge in [-0.15, -0.1) is 0 Å². The topological polar surface area (TPSA) is 32.3 Å². The molecule has 21 heavy (non-hydrogen) atoms. The first-order chi connectivity index (χ1) is 10.1. The van der Waals surface area contributed by atoms with Crippen molar-refractivity contribution in [3.63, 3.8) is 0 Å². The highest BCUT2D eigenvalue weighted by atomic mass is 19.1. The molecule has 0 amide bonds. The Kier molecular flexibility index (Phi) is 5.48. The van der Waals surface area contributed by atoms with Crippen molar-refractivity contribution in [1.29, 1.82) is 0 Å². The molecule has 0 bridgehead atoms. The SMILES string of the molecule is CC(NCc1ccc(F)c(CO)c1)C(C)c1ccccc1. The minimum Gasteiger partial charge on any atom is -0.392 e. The number of aliphatic hydroxyl groups excluding tert-OH is 1. The van der Waals surface area contributed by atoms with E-state index in [-0.39, 0.29) is 12.4 Å². The molecule has 0 heterocycles. The lowest BCUT2D eigenvalue weighted by Crippen LogP contribution is -2.30. The van der Waals surface area contributed by atoms with E-state index in [9.17, 15) is 4.39 Å². The van der Waals surface area contributed by atoms with Crippen LogP contribution in [0.5, 0.6) is 0 Å². The van der Waals surface area contributed by atoms with Crippen LogP contribution in [0.25, 0.3) is 0 Å². The van der Waals surface area contributed by atoms with Crippen LogP contribution in [-0.2, 0) is 13.2 Å². The van der Waals surface area contributed by atoms with Crippen molar-refractivity contribution < 1.29 is 9.50 Å². The smallest absolute Gasteiger partial charge is 0.128 e. The molecule has 0 aromatic heterocycles. The number of aliphatic hydroxyl groups is 1. The van der Waals surface area contributed by atoms with E-state index in [2.05, 4.69) is 31.3 Å². The van der Waals surface area contributed by atoms with Gasteiger partial charge in [-0.3, -0.25) is 0 Å². The van der Waals surface area contributed by atoms with Gasteiger partial charge in [0.2, 0.25) is 0 Å². The van der Waals surface area contributed by atoms with Gasteiger partial charge in [-0.05, 0) is 36.1 Å². The van der Waals surface area contributed by atoms with Crippen molar-refractivity contribution in [3.05, 3.63) is 71.0 Å². The maximum atomic E-state index is 13.3. The Balaban J connectivity index is 1.96. The molecule has 0 aliphatic carbocycles. The van der Waals surface area contributed by atoms with Crippen LogP contribution in [-0.4, -0.2) is 11.1 Å². The quantitative estimate of drug-likeness (QED) is 0.851. The number of nitrogens with one attached hydrogen (secondary N) is 1. The molecule has 0 saturated carbocycles. The van der Waals surface area contributed by atoms with E-state index < -0.39 is 0 Å². The van der Waals surface area contributed by atoms with Crippen LogP contribution in [0.1, 0.15) is 36.5 Å². The standard InChI is InChI=1S/C18H22FNO/c1-13(16-6-4-3-5-7-16)14(2)20-11-15-8-9-18(19)17(10-15)12-21/h3-10,13-14,20-21H,11-12H2,1-2H3. The van der Waals surface area contributed by atoms with E-state index in [4.69, 9.17) is 5.11 Å². The third kappa shape index (κ3) is 4.13. The molecule has 2 unspecified atom stereocenters. The van der Waals surface area contributed by atoms with Crippen molar-refractivity contribution in [2.75, 3.05) is 0 Å². The monoisotopic (exact) mass is 287 g/mol. The zero-order valence-electron chi connectivity index (χ0n) is 12.5. The lowest BCUT2D eigenvalue weighted by molar-refractivity contribution is 0.275. The number of benzene rings is 2. The van der Waals surface area contributed by atoms with Gasteiger partial charge in [0.25, 0.3) is 0 Å². The number of rotatable bonds is 6. The molecule has 0 saturated heterocycles. The third-order valence-corrected chi connectivity index (χ3v) is 3.98. The van der Waals surface area contributed by atoms with Gasteiger partial charge < -0.3 is 10.4 Å². The van der Waals surface area contributed by atoms with Crippen LogP contribution in [0.15, 0.2) is 48.5 Å². The lowest BCUT2D eigenvalue weighted by atomic mass is 9.94. The number of hydrogen-bond donors (Lipinski definition) is 2. The summed E-state index contributed by atoms with van der Waals surface area (Å²) in [6, 6.07) is 15.5. The summed E-state index contributed by atoms with van der Waals surface area (Å²) in [6.45, 7) is 4.73. The van der Waals surface area contributed by atoms with Crippen molar-refractivity contribution in [2.45, 2.75) is 39.0 Å². The molecule has 2 aromatic rings. The Morgan fingerprint density at radius 3 is 2.48 bits per heavy atom. The highest BCUT2D eigenvalue weighted by Gasteiger charge is 2.13.